The summed E-state index contributed by atoms with van der Waals surface area (Å²) in [6.45, 7) is 9.43. The zero-order valence-corrected chi connectivity index (χ0v) is 13.2. The largest absolute Gasteiger partial charge is 0.479 e. The predicted molar refractivity (Wildman–Crippen MR) is 78.7 cm³/mol. The van der Waals surface area contributed by atoms with Gasteiger partial charge in [-0.1, -0.05) is 34.1 Å². The number of carbonyl (C=O) groups excluding carboxylic acids is 1. The van der Waals surface area contributed by atoms with Gasteiger partial charge in [-0.05, 0) is 31.1 Å². The molecular weight excluding hydrogens is 256 g/mol. The van der Waals surface area contributed by atoms with Gasteiger partial charge in [0.15, 0.2) is 0 Å². The molecule has 0 radical (unpaired) electrons. The summed E-state index contributed by atoms with van der Waals surface area (Å²) in [6.07, 6.45) is 3.48. The van der Waals surface area contributed by atoms with Crippen molar-refractivity contribution in [1.29, 1.82) is 0 Å². The quantitative estimate of drug-likeness (QED) is 0.815. The van der Waals surface area contributed by atoms with E-state index >= 15 is 0 Å². The maximum atomic E-state index is 12.3. The first kappa shape index (κ1) is 16.8. The van der Waals surface area contributed by atoms with E-state index in [0.717, 1.165) is 19.3 Å². The molecule has 5 heteroatoms. The number of urea groups is 1. The molecule has 0 saturated carbocycles. The van der Waals surface area contributed by atoms with E-state index < -0.39 is 11.5 Å². The number of carboxylic acid groups (broad SMARTS) is 1. The van der Waals surface area contributed by atoms with Crippen molar-refractivity contribution in [1.82, 2.24) is 10.2 Å². The molecule has 2 N–H and O–H groups in total. The Morgan fingerprint density at radius 2 is 2.00 bits per heavy atom. The van der Waals surface area contributed by atoms with E-state index in [2.05, 4.69) is 26.1 Å². The third-order valence-corrected chi connectivity index (χ3v) is 3.95. The van der Waals surface area contributed by atoms with E-state index in [1.165, 1.54) is 4.90 Å². The molecule has 20 heavy (non-hydrogen) atoms. The van der Waals surface area contributed by atoms with E-state index in [1.54, 1.807) is 0 Å². The molecule has 1 heterocycles. The monoisotopic (exact) mass is 284 g/mol. The maximum absolute atomic E-state index is 12.3. The van der Waals surface area contributed by atoms with Gasteiger partial charge in [0.25, 0.3) is 0 Å². The SMILES string of the molecule is CCCC1(C(=O)O)CCCN1C(=O)NCCC(C)(C)C. The lowest BCUT2D eigenvalue weighted by Crippen LogP contribution is -2.56. The number of nitrogens with zero attached hydrogens (tertiary/aromatic N) is 1. The average molecular weight is 284 g/mol. The molecule has 0 bridgehead atoms. The maximum Gasteiger partial charge on any atom is 0.329 e. The zero-order chi connectivity index (χ0) is 15.4. The van der Waals surface area contributed by atoms with E-state index in [0.29, 0.717) is 25.9 Å². The second-order valence-electron chi connectivity index (χ2n) is 6.88. The van der Waals surface area contributed by atoms with Crippen LogP contribution in [0.15, 0.2) is 0 Å². The van der Waals surface area contributed by atoms with Crippen molar-refractivity contribution < 1.29 is 14.7 Å². The smallest absolute Gasteiger partial charge is 0.329 e. The number of nitrogens with one attached hydrogen (secondary N) is 1. The third-order valence-electron chi connectivity index (χ3n) is 3.95. The number of hydrogen-bond acceptors (Lipinski definition) is 2. The normalized spacial score (nSPS) is 22.9. The topological polar surface area (TPSA) is 69.6 Å². The highest BCUT2D eigenvalue weighted by molar-refractivity contribution is 5.87. The molecule has 0 aliphatic carbocycles. The first-order valence-electron chi connectivity index (χ1n) is 7.52. The van der Waals surface area contributed by atoms with Crippen LogP contribution in [-0.2, 0) is 4.79 Å². The number of amides is 2. The predicted octanol–water partition coefficient (Wildman–Crippen LogP) is 2.85. The van der Waals surface area contributed by atoms with Gasteiger partial charge < -0.3 is 15.3 Å². The zero-order valence-electron chi connectivity index (χ0n) is 13.2. The van der Waals surface area contributed by atoms with Crippen LogP contribution in [-0.4, -0.2) is 40.6 Å². The second-order valence-corrected chi connectivity index (χ2v) is 6.88. The van der Waals surface area contributed by atoms with E-state index in [1.807, 2.05) is 6.92 Å². The molecule has 0 aromatic carbocycles. The van der Waals surface area contributed by atoms with Crippen molar-refractivity contribution in [2.75, 3.05) is 13.1 Å². The highest BCUT2D eigenvalue weighted by Gasteiger charge is 2.49. The van der Waals surface area contributed by atoms with Crippen molar-refractivity contribution in [3.05, 3.63) is 0 Å². The van der Waals surface area contributed by atoms with Crippen LogP contribution in [0.3, 0.4) is 0 Å². The summed E-state index contributed by atoms with van der Waals surface area (Å²) in [6, 6.07) is -0.234. The minimum atomic E-state index is -0.999. The van der Waals surface area contributed by atoms with Crippen molar-refractivity contribution in [3.63, 3.8) is 0 Å². The summed E-state index contributed by atoms with van der Waals surface area (Å²) in [4.78, 5) is 25.4. The molecule has 1 fully saturated rings. The molecule has 5 nitrogen and oxygen atoms in total. The summed E-state index contributed by atoms with van der Waals surface area (Å²) in [7, 11) is 0. The Balaban J connectivity index is 2.68. The standard InChI is InChI=1S/C15H28N2O3/c1-5-7-15(12(18)19)8-6-11-17(15)13(20)16-10-9-14(2,3)4/h5-11H2,1-4H3,(H,16,20)(H,18,19). The van der Waals surface area contributed by atoms with Crippen LogP contribution in [0.2, 0.25) is 0 Å². The van der Waals surface area contributed by atoms with E-state index in [9.17, 15) is 14.7 Å². The first-order valence-corrected chi connectivity index (χ1v) is 7.52. The van der Waals surface area contributed by atoms with Crippen LogP contribution in [0.1, 0.15) is 59.8 Å². The molecule has 1 atom stereocenters. The van der Waals surface area contributed by atoms with Gasteiger partial charge in [0, 0.05) is 13.1 Å². The first-order chi connectivity index (χ1) is 9.23. The summed E-state index contributed by atoms with van der Waals surface area (Å²) < 4.78 is 0. The molecule has 1 unspecified atom stereocenters. The van der Waals surface area contributed by atoms with Crippen LogP contribution >= 0.6 is 0 Å². The number of carbonyl (C=O) groups is 2. The van der Waals surface area contributed by atoms with Gasteiger partial charge in [0.05, 0.1) is 0 Å². The highest BCUT2D eigenvalue weighted by atomic mass is 16.4. The minimum Gasteiger partial charge on any atom is -0.479 e. The van der Waals surface area contributed by atoms with E-state index in [4.69, 9.17) is 0 Å². The van der Waals surface area contributed by atoms with Crippen LogP contribution in [0, 0.1) is 5.41 Å². The van der Waals surface area contributed by atoms with E-state index in [-0.39, 0.29) is 11.4 Å². The van der Waals surface area contributed by atoms with Crippen molar-refractivity contribution >= 4 is 12.0 Å². The fraction of sp³-hybridized carbons (Fsp3) is 0.867. The third kappa shape index (κ3) is 3.87. The Morgan fingerprint density at radius 1 is 1.35 bits per heavy atom. The Kier molecular flexibility index (Phi) is 5.42. The van der Waals surface area contributed by atoms with Crippen molar-refractivity contribution in [3.8, 4) is 0 Å². The van der Waals surface area contributed by atoms with Crippen molar-refractivity contribution in [2.24, 2.45) is 5.41 Å². The Bertz CT molecular complexity index is 363. The molecule has 1 rings (SSSR count). The van der Waals surface area contributed by atoms with Gasteiger partial charge >= 0.3 is 12.0 Å². The van der Waals surface area contributed by atoms with Crippen LogP contribution in [0.4, 0.5) is 4.79 Å². The van der Waals surface area contributed by atoms with Gasteiger partial charge in [-0.2, -0.15) is 0 Å². The Labute approximate surface area is 121 Å². The molecule has 116 valence electrons. The fourth-order valence-corrected chi connectivity index (χ4v) is 2.82. The van der Waals surface area contributed by atoms with Gasteiger partial charge in [0.1, 0.15) is 5.54 Å². The van der Waals surface area contributed by atoms with Gasteiger partial charge in [0.2, 0.25) is 0 Å². The molecule has 0 aromatic rings. The number of rotatable bonds is 5. The number of hydrogen-bond donors (Lipinski definition) is 2. The molecular formula is C15H28N2O3. The molecule has 2 amide bonds. The molecule has 0 spiro atoms. The summed E-state index contributed by atoms with van der Waals surface area (Å²) >= 11 is 0. The summed E-state index contributed by atoms with van der Waals surface area (Å²) in [5.74, 6) is -0.872. The molecule has 1 aliphatic rings. The van der Waals surface area contributed by atoms with Gasteiger partial charge in [-0.15, -0.1) is 0 Å². The van der Waals surface area contributed by atoms with Crippen LogP contribution < -0.4 is 5.32 Å². The molecule has 1 saturated heterocycles. The lowest BCUT2D eigenvalue weighted by molar-refractivity contribution is -0.148. The van der Waals surface area contributed by atoms with Gasteiger partial charge in [-0.25, -0.2) is 9.59 Å². The van der Waals surface area contributed by atoms with Crippen molar-refractivity contribution in [2.45, 2.75) is 65.3 Å². The fourth-order valence-electron chi connectivity index (χ4n) is 2.82. The van der Waals surface area contributed by atoms with Crippen LogP contribution in [0.25, 0.3) is 0 Å². The van der Waals surface area contributed by atoms with Crippen LogP contribution in [0.5, 0.6) is 0 Å². The minimum absolute atomic E-state index is 0.158. The average Bonchev–Trinajstić information content (AvgIpc) is 2.72. The number of aliphatic carboxylic acids is 1. The molecule has 0 aromatic heterocycles. The second kappa shape index (κ2) is 6.46. The van der Waals surface area contributed by atoms with Gasteiger partial charge in [-0.3, -0.25) is 0 Å². The number of carboxylic acids is 1. The molecule has 1 aliphatic heterocycles. The Morgan fingerprint density at radius 3 is 2.50 bits per heavy atom. The highest BCUT2D eigenvalue weighted by Crippen LogP contribution is 2.34. The summed E-state index contributed by atoms with van der Waals surface area (Å²) in [5.41, 5.74) is -0.841. The lowest BCUT2D eigenvalue weighted by Gasteiger charge is -2.34. The Hall–Kier alpha value is -1.26. The number of likely N-dealkylation sites (tertiary alicyclic amines) is 1. The lowest BCUT2D eigenvalue weighted by atomic mass is 9.91. The summed E-state index contributed by atoms with van der Waals surface area (Å²) in [5, 5.41) is 12.4.